The highest BCUT2D eigenvalue weighted by molar-refractivity contribution is 5.94. The largest absolute Gasteiger partial charge is 0.506 e. The fourth-order valence-corrected chi connectivity index (χ4v) is 2.46. The van der Waals surface area contributed by atoms with Crippen molar-refractivity contribution in [1.82, 2.24) is 10.3 Å². The number of amides is 1. The third kappa shape index (κ3) is 3.92. The van der Waals surface area contributed by atoms with Crippen molar-refractivity contribution in [2.75, 3.05) is 6.54 Å². The van der Waals surface area contributed by atoms with E-state index >= 15 is 0 Å². The summed E-state index contributed by atoms with van der Waals surface area (Å²) in [5, 5.41) is 22.4. The van der Waals surface area contributed by atoms with Crippen LogP contribution in [0.4, 0.5) is 0 Å². The predicted molar refractivity (Wildman–Crippen MR) is 70.9 cm³/mol. The van der Waals surface area contributed by atoms with Crippen molar-refractivity contribution >= 4 is 5.91 Å². The summed E-state index contributed by atoms with van der Waals surface area (Å²) < 4.78 is 0. The van der Waals surface area contributed by atoms with Gasteiger partial charge >= 0.3 is 0 Å². The Hall–Kier alpha value is -1.62. The normalized spacial score (nSPS) is 18.6. The van der Waals surface area contributed by atoms with E-state index in [9.17, 15) is 15.0 Å². The van der Waals surface area contributed by atoms with E-state index in [4.69, 9.17) is 0 Å². The predicted octanol–water partition coefficient (Wildman–Crippen LogP) is 1.60. The Morgan fingerprint density at radius 3 is 2.58 bits per heavy atom. The van der Waals surface area contributed by atoms with E-state index in [2.05, 4.69) is 10.3 Å². The van der Waals surface area contributed by atoms with E-state index < -0.39 is 5.60 Å². The number of rotatable bonds is 3. The molecule has 1 heterocycles. The van der Waals surface area contributed by atoms with Gasteiger partial charge in [-0.2, -0.15) is 0 Å². The van der Waals surface area contributed by atoms with Crippen LogP contribution in [0.25, 0.3) is 0 Å². The second-order valence-electron chi connectivity index (χ2n) is 5.25. The highest BCUT2D eigenvalue weighted by Crippen LogP contribution is 2.26. The maximum Gasteiger partial charge on any atom is 0.253 e. The molecular formula is C14H20N2O3. The van der Waals surface area contributed by atoms with Crippen LogP contribution in [0.3, 0.4) is 0 Å². The molecule has 0 atom stereocenters. The minimum Gasteiger partial charge on any atom is -0.506 e. The van der Waals surface area contributed by atoms with E-state index in [1.807, 2.05) is 0 Å². The fraction of sp³-hybridized carbons (Fsp3) is 0.571. The van der Waals surface area contributed by atoms with E-state index in [-0.39, 0.29) is 18.2 Å². The molecule has 0 aromatic carbocycles. The van der Waals surface area contributed by atoms with Crippen LogP contribution in [-0.4, -0.2) is 33.3 Å². The molecule has 0 spiro atoms. The van der Waals surface area contributed by atoms with Crippen LogP contribution in [-0.2, 0) is 0 Å². The van der Waals surface area contributed by atoms with Crippen LogP contribution in [0.2, 0.25) is 0 Å². The summed E-state index contributed by atoms with van der Waals surface area (Å²) in [6.45, 7) is 0.251. The molecule has 1 aromatic rings. The number of aromatic hydroxyl groups is 1. The van der Waals surface area contributed by atoms with Crippen molar-refractivity contribution in [2.24, 2.45) is 0 Å². The molecule has 0 saturated heterocycles. The first-order chi connectivity index (χ1) is 9.09. The summed E-state index contributed by atoms with van der Waals surface area (Å²) in [6.07, 6.45) is 8.42. The van der Waals surface area contributed by atoms with Gasteiger partial charge in [0, 0.05) is 12.7 Å². The Kier molecular flexibility index (Phi) is 4.37. The summed E-state index contributed by atoms with van der Waals surface area (Å²) in [7, 11) is 0. The zero-order valence-electron chi connectivity index (χ0n) is 10.9. The maximum absolute atomic E-state index is 11.9. The third-order valence-electron chi connectivity index (χ3n) is 3.60. The standard InChI is InChI=1S/C14H20N2O3/c17-12-7-11(8-15-9-12)13(18)16-10-14(19)5-3-1-2-4-6-14/h7-9,17,19H,1-6,10H2,(H,16,18). The fourth-order valence-electron chi connectivity index (χ4n) is 2.46. The zero-order valence-corrected chi connectivity index (χ0v) is 10.9. The molecule has 104 valence electrons. The molecule has 1 aliphatic carbocycles. The summed E-state index contributed by atoms with van der Waals surface area (Å²) in [5.41, 5.74) is -0.492. The van der Waals surface area contributed by atoms with Crippen LogP contribution in [0.15, 0.2) is 18.5 Å². The lowest BCUT2D eigenvalue weighted by atomic mass is 9.94. The summed E-state index contributed by atoms with van der Waals surface area (Å²) in [6, 6.07) is 1.36. The highest BCUT2D eigenvalue weighted by atomic mass is 16.3. The third-order valence-corrected chi connectivity index (χ3v) is 3.60. The minimum absolute atomic E-state index is 0.0409. The summed E-state index contributed by atoms with van der Waals surface area (Å²) in [4.78, 5) is 15.7. The molecule has 0 bridgehead atoms. The number of carbonyl (C=O) groups excluding carboxylic acids is 1. The van der Waals surface area contributed by atoms with Gasteiger partial charge in [-0.3, -0.25) is 9.78 Å². The first kappa shape index (κ1) is 13.8. The number of nitrogens with zero attached hydrogens (tertiary/aromatic N) is 1. The van der Waals surface area contributed by atoms with Gasteiger partial charge < -0.3 is 15.5 Å². The van der Waals surface area contributed by atoms with Crippen LogP contribution in [0, 0.1) is 0 Å². The topological polar surface area (TPSA) is 82.5 Å². The molecule has 1 aromatic heterocycles. The molecule has 1 saturated carbocycles. The Balaban J connectivity index is 1.92. The van der Waals surface area contributed by atoms with Crippen LogP contribution in [0.5, 0.6) is 5.75 Å². The van der Waals surface area contributed by atoms with E-state index in [1.54, 1.807) is 0 Å². The Labute approximate surface area is 112 Å². The Morgan fingerprint density at radius 2 is 1.95 bits per heavy atom. The monoisotopic (exact) mass is 264 g/mol. The Bertz CT molecular complexity index is 440. The van der Waals surface area contributed by atoms with Crippen LogP contribution in [0.1, 0.15) is 48.9 Å². The van der Waals surface area contributed by atoms with Gasteiger partial charge in [-0.25, -0.2) is 0 Å². The molecular weight excluding hydrogens is 244 g/mol. The van der Waals surface area contributed by atoms with Gasteiger partial charge in [0.1, 0.15) is 5.75 Å². The van der Waals surface area contributed by atoms with Gasteiger partial charge in [-0.1, -0.05) is 25.7 Å². The highest BCUT2D eigenvalue weighted by Gasteiger charge is 2.28. The second kappa shape index (κ2) is 6.02. The first-order valence-electron chi connectivity index (χ1n) is 6.74. The quantitative estimate of drug-likeness (QED) is 0.724. The molecule has 5 heteroatoms. The first-order valence-corrected chi connectivity index (χ1v) is 6.74. The zero-order chi connectivity index (χ0) is 13.7. The van der Waals surface area contributed by atoms with E-state index in [1.165, 1.54) is 18.5 Å². The molecule has 1 fully saturated rings. The molecule has 0 radical (unpaired) electrons. The van der Waals surface area contributed by atoms with E-state index in [0.29, 0.717) is 5.56 Å². The SMILES string of the molecule is O=C(NCC1(O)CCCCCC1)c1cncc(O)c1. The number of hydrogen-bond donors (Lipinski definition) is 3. The van der Waals surface area contributed by atoms with E-state index in [0.717, 1.165) is 38.5 Å². The number of hydrogen-bond acceptors (Lipinski definition) is 4. The van der Waals surface area contributed by atoms with Gasteiger partial charge in [-0.15, -0.1) is 0 Å². The summed E-state index contributed by atoms with van der Waals surface area (Å²) >= 11 is 0. The van der Waals surface area contributed by atoms with Crippen molar-refractivity contribution in [1.29, 1.82) is 0 Å². The molecule has 3 N–H and O–H groups in total. The van der Waals surface area contributed by atoms with Gasteiger partial charge in [0.15, 0.2) is 0 Å². The lowest BCUT2D eigenvalue weighted by Crippen LogP contribution is -2.42. The van der Waals surface area contributed by atoms with Gasteiger partial charge in [0.25, 0.3) is 5.91 Å². The average Bonchev–Trinajstić information content (AvgIpc) is 2.61. The van der Waals surface area contributed by atoms with Gasteiger partial charge in [-0.05, 0) is 18.9 Å². The van der Waals surface area contributed by atoms with Crippen molar-refractivity contribution < 1.29 is 15.0 Å². The molecule has 1 amide bonds. The van der Waals surface area contributed by atoms with Crippen molar-refractivity contribution in [3.8, 4) is 5.75 Å². The van der Waals surface area contributed by atoms with Crippen molar-refractivity contribution in [2.45, 2.75) is 44.1 Å². The number of nitrogens with one attached hydrogen (secondary N) is 1. The van der Waals surface area contributed by atoms with Gasteiger partial charge in [0.2, 0.25) is 0 Å². The van der Waals surface area contributed by atoms with Crippen molar-refractivity contribution in [3.63, 3.8) is 0 Å². The molecule has 1 aliphatic rings. The molecule has 5 nitrogen and oxygen atoms in total. The van der Waals surface area contributed by atoms with Crippen LogP contribution < -0.4 is 5.32 Å². The Morgan fingerprint density at radius 1 is 1.26 bits per heavy atom. The minimum atomic E-state index is -0.795. The van der Waals surface area contributed by atoms with Gasteiger partial charge in [0.05, 0.1) is 17.4 Å². The molecule has 19 heavy (non-hydrogen) atoms. The smallest absolute Gasteiger partial charge is 0.253 e. The van der Waals surface area contributed by atoms with Crippen molar-refractivity contribution in [3.05, 3.63) is 24.0 Å². The lowest BCUT2D eigenvalue weighted by Gasteiger charge is -2.26. The maximum atomic E-state index is 11.9. The second-order valence-corrected chi connectivity index (χ2v) is 5.25. The molecule has 0 unspecified atom stereocenters. The summed E-state index contributed by atoms with van der Waals surface area (Å²) in [5.74, 6) is -0.359. The molecule has 0 aliphatic heterocycles. The number of aromatic nitrogens is 1. The number of pyridine rings is 1. The molecule has 2 rings (SSSR count). The number of aliphatic hydroxyl groups is 1. The number of carbonyl (C=O) groups is 1. The lowest BCUT2D eigenvalue weighted by molar-refractivity contribution is 0.0246. The van der Waals surface area contributed by atoms with Crippen LogP contribution >= 0.6 is 0 Å². The average molecular weight is 264 g/mol.